The molecule has 0 aromatic carbocycles. The zero-order valence-electron chi connectivity index (χ0n) is 7.57. The van der Waals surface area contributed by atoms with Crippen LogP contribution in [0.15, 0.2) is 37.2 Å². The lowest BCUT2D eigenvalue weighted by Crippen LogP contribution is -1.94. The highest BCUT2D eigenvalue weighted by Crippen LogP contribution is 2.45. The van der Waals surface area contributed by atoms with Crippen LogP contribution in [0.25, 0.3) is 0 Å². The summed E-state index contributed by atoms with van der Waals surface area (Å²) in [7, 11) is -2.75. The molecule has 0 saturated carbocycles. The minimum absolute atomic E-state index is 0.0121. The third kappa shape index (κ3) is 5.81. The van der Waals surface area contributed by atoms with Gasteiger partial charge in [0, 0.05) is 18.5 Å². The maximum absolute atomic E-state index is 11.8. The summed E-state index contributed by atoms with van der Waals surface area (Å²) in [6, 6.07) is 0. The van der Waals surface area contributed by atoms with Crippen LogP contribution in [-0.4, -0.2) is 18.5 Å². The molecule has 0 unspecified atom stereocenters. The Bertz CT molecular complexity index is 228. The first-order chi connectivity index (χ1) is 6.68. The molecule has 0 fully saturated rings. The van der Waals surface area contributed by atoms with Crippen molar-refractivity contribution in [2.24, 2.45) is 0 Å². The average molecular weight is 224 g/mol. The number of hydrogen-bond acceptors (Lipinski definition) is 1. The Kier molecular flexibility index (Phi) is 7.21. The second kappa shape index (κ2) is 7.63. The fraction of sp³-hybridized carbons (Fsp3) is 0.333. The van der Waals surface area contributed by atoms with E-state index in [9.17, 15) is 17.7 Å². The molecule has 0 aromatic rings. The molecule has 0 amide bonds. The van der Waals surface area contributed by atoms with Crippen LogP contribution in [0.4, 0.5) is 13.2 Å². The van der Waals surface area contributed by atoms with Crippen molar-refractivity contribution in [3.8, 4) is 0 Å². The molecule has 80 valence electrons. The van der Waals surface area contributed by atoms with Crippen molar-refractivity contribution in [1.82, 2.24) is 0 Å². The van der Waals surface area contributed by atoms with Crippen molar-refractivity contribution >= 4 is 7.14 Å². The first kappa shape index (κ1) is 13.2. The quantitative estimate of drug-likeness (QED) is 0.627. The van der Waals surface area contributed by atoms with E-state index in [0.717, 1.165) is 18.2 Å². The summed E-state index contributed by atoms with van der Waals surface area (Å²) < 4.78 is 46.9. The number of hydrogen-bond donors (Lipinski definition) is 0. The van der Waals surface area contributed by atoms with Crippen molar-refractivity contribution in [1.29, 1.82) is 0 Å². The summed E-state index contributed by atoms with van der Waals surface area (Å²) in [4.78, 5) is 0. The smallest absolute Gasteiger partial charge is 0.0987 e. The summed E-state index contributed by atoms with van der Waals surface area (Å²) in [5.41, 5.74) is 0. The maximum atomic E-state index is 11.8. The van der Waals surface area contributed by atoms with E-state index in [4.69, 9.17) is 0 Å². The van der Waals surface area contributed by atoms with Crippen LogP contribution >= 0.6 is 7.14 Å². The van der Waals surface area contributed by atoms with Gasteiger partial charge in [-0.2, -0.15) is 0 Å². The molecule has 0 radical (unpaired) electrons. The predicted octanol–water partition coefficient (Wildman–Crippen LogP) is 3.80. The van der Waals surface area contributed by atoms with E-state index < -0.39 is 7.14 Å². The highest BCUT2D eigenvalue weighted by Gasteiger charge is 2.17. The second-order valence-electron chi connectivity index (χ2n) is 2.69. The van der Waals surface area contributed by atoms with Gasteiger partial charge in [-0.05, 0) is 18.2 Å². The van der Waals surface area contributed by atoms with Crippen molar-refractivity contribution in [2.45, 2.75) is 0 Å². The Balaban J connectivity index is 4.39. The molecular formula is C9H12F3OP. The molecule has 14 heavy (non-hydrogen) atoms. The van der Waals surface area contributed by atoms with Crippen LogP contribution in [0.3, 0.4) is 0 Å². The van der Waals surface area contributed by atoms with Gasteiger partial charge in [0.15, 0.2) is 0 Å². The summed E-state index contributed by atoms with van der Waals surface area (Å²) in [5, 5.41) is 0. The summed E-state index contributed by atoms with van der Waals surface area (Å²) in [6.07, 6.45) is 4.17. The van der Waals surface area contributed by atoms with Crippen molar-refractivity contribution in [3.63, 3.8) is 0 Å². The monoisotopic (exact) mass is 224 g/mol. The van der Waals surface area contributed by atoms with Crippen LogP contribution in [0, 0.1) is 0 Å². The molecular weight excluding hydrogens is 212 g/mol. The van der Waals surface area contributed by atoms with E-state index in [1.807, 2.05) is 0 Å². The topological polar surface area (TPSA) is 17.1 Å². The van der Waals surface area contributed by atoms with Gasteiger partial charge in [-0.25, -0.2) is 13.2 Å². The lowest BCUT2D eigenvalue weighted by Gasteiger charge is -2.10. The lowest BCUT2D eigenvalue weighted by atomic mass is 10.7. The third-order valence-corrected chi connectivity index (χ3v) is 4.21. The minimum atomic E-state index is -2.75. The van der Waals surface area contributed by atoms with Crippen LogP contribution in [0.1, 0.15) is 0 Å². The molecule has 1 nitrogen and oxygen atoms in total. The SMILES string of the molecule is O=P(CC=CF)(CC=CF)CC=CF. The molecule has 0 aliphatic carbocycles. The Morgan fingerprint density at radius 3 is 1.29 bits per heavy atom. The predicted molar refractivity (Wildman–Crippen MR) is 53.0 cm³/mol. The summed E-state index contributed by atoms with van der Waals surface area (Å²) >= 11 is 0. The summed E-state index contributed by atoms with van der Waals surface area (Å²) in [6.45, 7) is 0. The van der Waals surface area contributed by atoms with E-state index >= 15 is 0 Å². The number of allylic oxidation sites excluding steroid dienone is 3. The zero-order chi connectivity index (χ0) is 10.9. The van der Waals surface area contributed by atoms with Gasteiger partial charge in [0.2, 0.25) is 0 Å². The fourth-order valence-corrected chi connectivity index (χ4v) is 2.76. The molecule has 5 heteroatoms. The first-order valence-corrected chi connectivity index (χ1v) is 6.27. The van der Waals surface area contributed by atoms with Gasteiger partial charge in [-0.15, -0.1) is 0 Å². The largest absolute Gasteiger partial charge is 0.323 e. The van der Waals surface area contributed by atoms with E-state index in [-0.39, 0.29) is 37.5 Å². The van der Waals surface area contributed by atoms with Gasteiger partial charge in [0.25, 0.3) is 0 Å². The van der Waals surface area contributed by atoms with E-state index in [1.54, 1.807) is 0 Å². The molecule has 0 saturated heterocycles. The zero-order valence-corrected chi connectivity index (χ0v) is 8.47. The van der Waals surface area contributed by atoms with Crippen molar-refractivity contribution in [2.75, 3.05) is 18.5 Å². The van der Waals surface area contributed by atoms with E-state index in [0.29, 0.717) is 0 Å². The molecule has 0 bridgehead atoms. The van der Waals surface area contributed by atoms with E-state index in [1.165, 1.54) is 0 Å². The van der Waals surface area contributed by atoms with Crippen LogP contribution in [-0.2, 0) is 4.57 Å². The average Bonchev–Trinajstić information content (AvgIpc) is 2.21. The van der Waals surface area contributed by atoms with Gasteiger partial charge in [0.1, 0.15) is 0 Å². The van der Waals surface area contributed by atoms with Gasteiger partial charge in [0.05, 0.1) is 26.1 Å². The lowest BCUT2D eigenvalue weighted by molar-refractivity contribution is 0.579. The molecule has 0 atom stereocenters. The third-order valence-electron chi connectivity index (χ3n) is 1.58. The Hall–Kier alpha value is -0.760. The highest BCUT2D eigenvalue weighted by atomic mass is 31.2. The molecule has 0 rings (SSSR count). The number of rotatable bonds is 6. The fourth-order valence-electron chi connectivity index (χ4n) is 0.919. The first-order valence-electron chi connectivity index (χ1n) is 4.01. The van der Waals surface area contributed by atoms with Crippen molar-refractivity contribution < 1.29 is 17.7 Å². The van der Waals surface area contributed by atoms with Crippen LogP contribution in [0.2, 0.25) is 0 Å². The summed E-state index contributed by atoms with van der Waals surface area (Å²) in [5.74, 6) is 0. The van der Waals surface area contributed by atoms with Gasteiger partial charge >= 0.3 is 0 Å². The van der Waals surface area contributed by atoms with E-state index in [2.05, 4.69) is 0 Å². The standard InChI is InChI=1S/C9H12F3OP/c10-4-1-7-14(13,8-2-5-11)9-3-6-12/h1-6H,7-9H2. The van der Waals surface area contributed by atoms with Gasteiger partial charge in [-0.3, -0.25) is 0 Å². The van der Waals surface area contributed by atoms with Crippen molar-refractivity contribution in [3.05, 3.63) is 37.2 Å². The Labute approximate surface area is 81.4 Å². The van der Waals surface area contributed by atoms with Crippen LogP contribution < -0.4 is 0 Å². The Morgan fingerprint density at radius 1 is 0.786 bits per heavy atom. The normalized spacial score (nSPS) is 17.1. The van der Waals surface area contributed by atoms with Gasteiger partial charge < -0.3 is 4.57 Å². The molecule has 0 heterocycles. The molecule has 0 aliphatic rings. The number of halogens is 3. The Morgan fingerprint density at radius 2 is 1.07 bits per heavy atom. The van der Waals surface area contributed by atoms with Gasteiger partial charge in [-0.1, -0.05) is 0 Å². The molecule has 0 N–H and O–H groups in total. The maximum Gasteiger partial charge on any atom is 0.0987 e. The minimum Gasteiger partial charge on any atom is -0.323 e. The molecule has 0 aliphatic heterocycles. The van der Waals surface area contributed by atoms with Crippen LogP contribution in [0.5, 0.6) is 0 Å². The molecule has 0 aromatic heterocycles. The highest BCUT2D eigenvalue weighted by molar-refractivity contribution is 7.64. The molecule has 0 spiro atoms. The second-order valence-corrected chi connectivity index (χ2v) is 5.90.